The predicted molar refractivity (Wildman–Crippen MR) is 46.4 cm³/mol. The normalized spacial score (nSPS) is 10.2. The van der Waals surface area contributed by atoms with Gasteiger partial charge < -0.3 is 10.2 Å². The first-order valence-corrected chi connectivity index (χ1v) is 5.58. The van der Waals surface area contributed by atoms with Gasteiger partial charge in [-0.3, -0.25) is 0 Å². The summed E-state index contributed by atoms with van der Waals surface area (Å²) in [5.41, 5.74) is 0.167. The van der Waals surface area contributed by atoms with Gasteiger partial charge in [0.15, 0.2) is 0 Å². The minimum Gasteiger partial charge on any atom is -0.478 e. The SMILES string of the molecule is F[C](F)(F)[Zn].O=C(O)c1ccc(C(=O)O)cc1. The molecule has 2 N–H and O–H groups in total. The van der Waals surface area contributed by atoms with Gasteiger partial charge in [-0.05, 0) is 24.3 Å². The first-order chi connectivity index (χ1) is 7.61. The monoisotopic (exact) mass is 299 g/mol. The Bertz CT molecular complexity index is 361. The molecule has 0 saturated heterocycles. The summed E-state index contributed by atoms with van der Waals surface area (Å²) in [4.78, 5) is 20.7. The zero-order valence-electron chi connectivity index (χ0n) is 8.36. The van der Waals surface area contributed by atoms with Crippen molar-refractivity contribution in [3.05, 3.63) is 35.4 Å². The van der Waals surface area contributed by atoms with E-state index < -0.39 is 35.0 Å². The number of benzene rings is 1. The van der Waals surface area contributed by atoms with Crippen LogP contribution < -0.4 is 0 Å². The van der Waals surface area contributed by atoms with Gasteiger partial charge >= 0.3 is 48.2 Å². The fourth-order valence-corrected chi connectivity index (χ4v) is 0.755. The van der Waals surface area contributed by atoms with Gasteiger partial charge in [0.25, 0.3) is 0 Å². The van der Waals surface area contributed by atoms with Crippen LogP contribution in [-0.4, -0.2) is 26.9 Å². The van der Waals surface area contributed by atoms with E-state index in [2.05, 4.69) is 0 Å². The van der Waals surface area contributed by atoms with Crippen LogP contribution in [0.1, 0.15) is 20.7 Å². The second-order valence-corrected chi connectivity index (χ2v) is 4.49. The van der Waals surface area contributed by atoms with Gasteiger partial charge in [-0.2, -0.15) is 0 Å². The second kappa shape index (κ2) is 6.34. The first kappa shape index (κ1) is 15.6. The molecule has 0 aliphatic carbocycles. The van der Waals surface area contributed by atoms with E-state index in [1.165, 1.54) is 24.3 Å². The molecule has 0 atom stereocenters. The summed E-state index contributed by atoms with van der Waals surface area (Å²) in [5, 5.41) is 16.9. The summed E-state index contributed by atoms with van der Waals surface area (Å²) in [5.74, 6) is -2.13. The molecule has 0 bridgehead atoms. The molecule has 0 heterocycles. The maximum absolute atomic E-state index is 10.4. The Morgan fingerprint density at radius 3 is 1.24 bits per heavy atom. The van der Waals surface area contributed by atoms with E-state index in [1.54, 1.807) is 0 Å². The smallest absolute Gasteiger partial charge is 0.335 e. The molecular formula is C9H6F3O4Zn. The van der Waals surface area contributed by atoms with Crippen molar-refractivity contribution in [1.82, 2.24) is 0 Å². The Kier molecular flexibility index (Phi) is 5.81. The molecule has 89 valence electrons. The summed E-state index contributed by atoms with van der Waals surface area (Å²) in [7, 11) is 0. The summed E-state index contributed by atoms with van der Waals surface area (Å²) in [6.07, 6.45) is 0. The van der Waals surface area contributed by atoms with E-state index in [4.69, 9.17) is 10.2 Å². The third kappa shape index (κ3) is 8.39. The number of carboxylic acids is 2. The molecule has 0 fully saturated rings. The minimum atomic E-state index is -3.88. The van der Waals surface area contributed by atoms with Crippen LogP contribution in [0, 0.1) is 0 Å². The standard InChI is InChI=1S/C8H6O4.CF3.Zn/c9-7(10)5-1-2-6(4-3-5)8(11)12;2-1(3)4;/h1-4H,(H,9,10)(H,11,12);;. The Labute approximate surface area is 104 Å². The quantitative estimate of drug-likeness (QED) is 0.821. The molecule has 8 heteroatoms. The number of rotatable bonds is 2. The van der Waals surface area contributed by atoms with Gasteiger partial charge in [-0.25, -0.2) is 9.59 Å². The van der Waals surface area contributed by atoms with Crippen LogP contribution in [0.5, 0.6) is 0 Å². The molecule has 4 nitrogen and oxygen atoms in total. The zero-order valence-corrected chi connectivity index (χ0v) is 11.3. The second-order valence-electron chi connectivity index (χ2n) is 2.80. The molecule has 1 aromatic rings. The number of halogens is 3. The Morgan fingerprint density at radius 2 is 1.12 bits per heavy atom. The van der Waals surface area contributed by atoms with E-state index >= 15 is 0 Å². The molecule has 17 heavy (non-hydrogen) atoms. The summed E-state index contributed by atoms with van der Waals surface area (Å²) >= 11 is -0.604. The van der Waals surface area contributed by atoms with Crippen LogP contribution in [0.4, 0.5) is 13.2 Å². The van der Waals surface area contributed by atoms with Gasteiger partial charge in [0.2, 0.25) is 0 Å². The Hall–Kier alpha value is -1.43. The van der Waals surface area contributed by atoms with Crippen molar-refractivity contribution in [2.45, 2.75) is 4.77 Å². The predicted octanol–water partition coefficient (Wildman–Crippen LogP) is 2.14. The fraction of sp³-hybridized carbons (Fsp3) is 0.111. The molecule has 0 aromatic heterocycles. The van der Waals surface area contributed by atoms with Crippen LogP contribution in [0.25, 0.3) is 0 Å². The molecule has 0 unspecified atom stereocenters. The summed E-state index contributed by atoms with van der Waals surface area (Å²) in [6, 6.07) is 5.02. The number of carbonyl (C=O) groups is 2. The van der Waals surface area contributed by atoms with Crippen LogP contribution in [0.3, 0.4) is 0 Å². The molecule has 0 aliphatic heterocycles. The van der Waals surface area contributed by atoms with Crippen molar-refractivity contribution in [2.75, 3.05) is 0 Å². The largest absolute Gasteiger partial charge is 0.478 e. The molecule has 0 amide bonds. The first-order valence-electron chi connectivity index (χ1n) is 4.10. The Balaban J connectivity index is 0.000000437. The topological polar surface area (TPSA) is 74.6 Å². The average Bonchev–Trinajstić information content (AvgIpc) is 2.15. The summed E-state index contributed by atoms with van der Waals surface area (Å²) in [6.45, 7) is 0. The van der Waals surface area contributed by atoms with E-state index in [9.17, 15) is 22.8 Å². The third-order valence-electron chi connectivity index (χ3n) is 1.38. The van der Waals surface area contributed by atoms with Crippen LogP contribution in [0.15, 0.2) is 24.3 Å². The van der Waals surface area contributed by atoms with Crippen molar-refractivity contribution in [2.24, 2.45) is 0 Å². The van der Waals surface area contributed by atoms with Crippen molar-refractivity contribution >= 4 is 11.9 Å². The fourth-order valence-electron chi connectivity index (χ4n) is 0.755. The van der Waals surface area contributed by atoms with Crippen molar-refractivity contribution in [1.29, 1.82) is 0 Å². The number of hydrogen-bond acceptors (Lipinski definition) is 2. The maximum Gasteiger partial charge on any atom is 0.335 e. The van der Waals surface area contributed by atoms with Crippen LogP contribution in [-0.2, 0) is 18.3 Å². The van der Waals surface area contributed by atoms with Gasteiger partial charge in [-0.1, -0.05) is 0 Å². The Morgan fingerprint density at radius 1 is 0.941 bits per heavy atom. The molecule has 0 spiro atoms. The number of hydrogen-bond donors (Lipinski definition) is 2. The van der Waals surface area contributed by atoms with E-state index in [-0.39, 0.29) is 11.1 Å². The summed E-state index contributed by atoms with van der Waals surface area (Å²) < 4.78 is 27.4. The van der Waals surface area contributed by atoms with E-state index in [1.807, 2.05) is 0 Å². The minimum absolute atomic E-state index is 0.0833. The molecule has 1 rings (SSSR count). The van der Waals surface area contributed by atoms with Gasteiger partial charge in [0.1, 0.15) is 0 Å². The molecule has 1 aromatic carbocycles. The van der Waals surface area contributed by atoms with E-state index in [0.29, 0.717) is 0 Å². The number of aromatic carboxylic acids is 2. The van der Waals surface area contributed by atoms with Crippen LogP contribution >= 0.6 is 0 Å². The zero-order chi connectivity index (χ0) is 13.6. The molecule has 0 saturated carbocycles. The average molecular weight is 301 g/mol. The maximum atomic E-state index is 10.4. The van der Waals surface area contributed by atoms with Gasteiger partial charge in [0, 0.05) is 0 Å². The van der Waals surface area contributed by atoms with Gasteiger partial charge in [-0.15, -0.1) is 0 Å². The molecular weight excluding hydrogens is 294 g/mol. The van der Waals surface area contributed by atoms with E-state index in [0.717, 1.165) is 0 Å². The number of carboxylic acid groups (broad SMARTS) is 2. The van der Waals surface area contributed by atoms with Crippen molar-refractivity contribution in [3.63, 3.8) is 0 Å². The third-order valence-corrected chi connectivity index (χ3v) is 1.38. The van der Waals surface area contributed by atoms with Crippen LogP contribution in [0.2, 0.25) is 0 Å². The van der Waals surface area contributed by atoms with Crippen molar-refractivity contribution < 1.29 is 51.3 Å². The van der Waals surface area contributed by atoms with Gasteiger partial charge in [0.05, 0.1) is 11.1 Å². The molecule has 0 aliphatic rings. The number of alkyl halides is 3. The molecule has 0 radical (unpaired) electrons. The van der Waals surface area contributed by atoms with Crippen molar-refractivity contribution in [3.8, 4) is 0 Å².